The molecule has 0 saturated carbocycles. The summed E-state index contributed by atoms with van der Waals surface area (Å²) in [7, 11) is 0. The highest BCUT2D eigenvalue weighted by atomic mass is 16.5. The van der Waals surface area contributed by atoms with Gasteiger partial charge in [-0.15, -0.1) is 0 Å². The molecule has 3 rings (SSSR count). The van der Waals surface area contributed by atoms with Gasteiger partial charge in [-0.05, 0) is 31.8 Å². The number of likely N-dealkylation sites (tertiary alicyclic amines) is 1. The van der Waals surface area contributed by atoms with Crippen LogP contribution in [0, 0.1) is 17.8 Å². The van der Waals surface area contributed by atoms with Gasteiger partial charge in [-0.1, -0.05) is 0 Å². The molecule has 2 unspecified atom stereocenters. The van der Waals surface area contributed by atoms with Crippen LogP contribution in [0.1, 0.15) is 19.3 Å². The lowest BCUT2D eigenvalue weighted by molar-refractivity contribution is -0.131. The molecule has 0 aliphatic carbocycles. The summed E-state index contributed by atoms with van der Waals surface area (Å²) >= 11 is 0. The second kappa shape index (κ2) is 4.94. The summed E-state index contributed by atoms with van der Waals surface area (Å²) in [5.41, 5.74) is 0. The van der Waals surface area contributed by atoms with E-state index >= 15 is 0 Å². The first-order valence-corrected chi connectivity index (χ1v) is 6.89. The number of fused-ring (bicyclic) bond motifs is 1. The Labute approximate surface area is 103 Å². The summed E-state index contributed by atoms with van der Waals surface area (Å²) < 4.78 is 5.44. The van der Waals surface area contributed by atoms with Crippen molar-refractivity contribution in [1.29, 1.82) is 0 Å². The number of nitrogens with one attached hydrogen (secondary N) is 1. The molecule has 0 aromatic heterocycles. The van der Waals surface area contributed by atoms with Crippen LogP contribution in [0.4, 0.5) is 0 Å². The molecular weight excluding hydrogens is 216 g/mol. The third-order valence-electron chi connectivity index (χ3n) is 4.52. The Morgan fingerprint density at radius 2 is 1.82 bits per heavy atom. The molecule has 0 aromatic carbocycles. The molecule has 3 saturated heterocycles. The van der Waals surface area contributed by atoms with Crippen molar-refractivity contribution in [2.75, 3.05) is 39.4 Å². The fraction of sp³-hybridized carbons (Fsp3) is 0.923. The molecule has 3 heterocycles. The number of carbonyl (C=O) groups is 1. The molecule has 3 fully saturated rings. The van der Waals surface area contributed by atoms with E-state index in [1.165, 1.54) is 0 Å². The van der Waals surface area contributed by atoms with E-state index in [2.05, 4.69) is 10.2 Å². The van der Waals surface area contributed by atoms with Gasteiger partial charge in [0.05, 0.1) is 13.2 Å². The minimum Gasteiger partial charge on any atom is -0.381 e. The average Bonchev–Trinajstić information content (AvgIpc) is 2.90. The monoisotopic (exact) mass is 238 g/mol. The Morgan fingerprint density at radius 1 is 1.18 bits per heavy atom. The zero-order chi connectivity index (χ0) is 11.7. The first kappa shape index (κ1) is 11.5. The lowest BCUT2D eigenvalue weighted by Gasteiger charge is -2.25. The number of nitrogens with zero attached hydrogens (tertiary/aromatic N) is 1. The van der Waals surface area contributed by atoms with Crippen LogP contribution < -0.4 is 5.32 Å². The van der Waals surface area contributed by atoms with Crippen molar-refractivity contribution < 1.29 is 9.53 Å². The molecule has 4 nitrogen and oxygen atoms in total. The number of rotatable bonds is 2. The summed E-state index contributed by atoms with van der Waals surface area (Å²) in [4.78, 5) is 14.3. The van der Waals surface area contributed by atoms with E-state index in [4.69, 9.17) is 4.74 Å². The number of hydrogen-bond donors (Lipinski definition) is 1. The summed E-state index contributed by atoms with van der Waals surface area (Å²) in [6.45, 7) is 5.76. The predicted octanol–water partition coefficient (Wildman–Crippen LogP) is 0.481. The topological polar surface area (TPSA) is 41.6 Å². The summed E-state index contributed by atoms with van der Waals surface area (Å²) in [5.74, 6) is 2.23. The molecule has 17 heavy (non-hydrogen) atoms. The highest BCUT2D eigenvalue weighted by molar-refractivity contribution is 5.76. The second-order valence-corrected chi connectivity index (χ2v) is 5.75. The quantitative estimate of drug-likeness (QED) is 0.761. The van der Waals surface area contributed by atoms with Gasteiger partial charge in [0.1, 0.15) is 0 Å². The summed E-state index contributed by atoms with van der Waals surface area (Å²) in [6, 6.07) is 0. The van der Waals surface area contributed by atoms with E-state index in [-0.39, 0.29) is 0 Å². The number of carbonyl (C=O) groups excluding carboxylic acids is 1. The van der Waals surface area contributed by atoms with E-state index < -0.39 is 0 Å². The van der Waals surface area contributed by atoms with Gasteiger partial charge in [0.25, 0.3) is 0 Å². The first-order chi connectivity index (χ1) is 8.33. The van der Waals surface area contributed by atoms with Crippen molar-refractivity contribution in [3.05, 3.63) is 0 Å². The molecule has 0 radical (unpaired) electrons. The van der Waals surface area contributed by atoms with Crippen molar-refractivity contribution in [3.63, 3.8) is 0 Å². The van der Waals surface area contributed by atoms with E-state index in [0.717, 1.165) is 58.7 Å². The van der Waals surface area contributed by atoms with E-state index in [1.807, 2.05) is 0 Å². The van der Waals surface area contributed by atoms with E-state index in [1.54, 1.807) is 0 Å². The molecule has 2 atom stereocenters. The minimum absolute atomic E-state index is 0.381. The average molecular weight is 238 g/mol. The van der Waals surface area contributed by atoms with E-state index in [0.29, 0.717) is 23.7 Å². The van der Waals surface area contributed by atoms with Crippen LogP contribution in [-0.4, -0.2) is 50.2 Å². The normalized spacial score (nSPS) is 34.0. The molecular formula is C13H22N2O2. The van der Waals surface area contributed by atoms with Crippen molar-refractivity contribution in [1.82, 2.24) is 10.2 Å². The Morgan fingerprint density at radius 3 is 2.47 bits per heavy atom. The smallest absolute Gasteiger partial charge is 0.222 e. The predicted molar refractivity (Wildman–Crippen MR) is 64.6 cm³/mol. The summed E-state index contributed by atoms with van der Waals surface area (Å²) in [6.07, 6.45) is 3.09. The first-order valence-electron chi connectivity index (χ1n) is 6.89. The van der Waals surface area contributed by atoms with Gasteiger partial charge in [0.15, 0.2) is 0 Å². The number of piperidine rings is 1. The molecule has 1 N–H and O–H groups in total. The molecule has 3 aliphatic rings. The van der Waals surface area contributed by atoms with Gasteiger partial charge in [-0.2, -0.15) is 0 Å². The number of hydrogen-bond acceptors (Lipinski definition) is 3. The van der Waals surface area contributed by atoms with Crippen LogP contribution in [0.3, 0.4) is 0 Å². The maximum atomic E-state index is 12.2. The van der Waals surface area contributed by atoms with Crippen molar-refractivity contribution in [3.8, 4) is 0 Å². The Hall–Kier alpha value is -0.610. The van der Waals surface area contributed by atoms with Crippen LogP contribution in [0.25, 0.3) is 0 Å². The van der Waals surface area contributed by atoms with Gasteiger partial charge in [0.2, 0.25) is 5.91 Å². The standard InChI is InChI=1S/C13H22N2O2/c16-13(5-10-1-3-14-4-2-10)15-6-11-8-17-9-12(11)7-15/h10-12,14H,1-9H2. The molecule has 3 aliphatic heterocycles. The van der Waals surface area contributed by atoms with Crippen LogP contribution in [0.15, 0.2) is 0 Å². The third kappa shape index (κ3) is 2.47. The maximum absolute atomic E-state index is 12.2. The lowest BCUT2D eigenvalue weighted by Crippen LogP contribution is -2.35. The van der Waals surface area contributed by atoms with Gasteiger partial charge in [-0.3, -0.25) is 4.79 Å². The Kier molecular flexibility index (Phi) is 3.34. The van der Waals surface area contributed by atoms with Crippen LogP contribution in [0.2, 0.25) is 0 Å². The number of amides is 1. The third-order valence-corrected chi connectivity index (χ3v) is 4.52. The van der Waals surface area contributed by atoms with Crippen molar-refractivity contribution in [2.45, 2.75) is 19.3 Å². The highest BCUT2D eigenvalue weighted by Gasteiger charge is 2.39. The summed E-state index contributed by atoms with van der Waals surface area (Å²) in [5, 5.41) is 3.35. The zero-order valence-corrected chi connectivity index (χ0v) is 10.4. The largest absolute Gasteiger partial charge is 0.381 e. The van der Waals surface area contributed by atoms with Crippen LogP contribution >= 0.6 is 0 Å². The molecule has 1 amide bonds. The molecule has 0 aromatic rings. The van der Waals surface area contributed by atoms with Gasteiger partial charge >= 0.3 is 0 Å². The van der Waals surface area contributed by atoms with Crippen molar-refractivity contribution >= 4 is 5.91 Å². The Bertz CT molecular complexity index is 277. The fourth-order valence-corrected chi connectivity index (χ4v) is 3.35. The van der Waals surface area contributed by atoms with Crippen LogP contribution in [-0.2, 0) is 9.53 Å². The molecule has 96 valence electrons. The molecule has 4 heteroatoms. The van der Waals surface area contributed by atoms with Gasteiger partial charge in [0, 0.05) is 31.3 Å². The van der Waals surface area contributed by atoms with Crippen molar-refractivity contribution in [2.24, 2.45) is 17.8 Å². The number of ether oxygens (including phenoxy) is 1. The lowest BCUT2D eigenvalue weighted by atomic mass is 9.94. The second-order valence-electron chi connectivity index (χ2n) is 5.75. The SMILES string of the molecule is O=C(CC1CCNCC1)N1CC2COCC2C1. The van der Waals surface area contributed by atoms with Crippen LogP contribution in [0.5, 0.6) is 0 Å². The highest BCUT2D eigenvalue weighted by Crippen LogP contribution is 2.30. The zero-order valence-electron chi connectivity index (χ0n) is 10.4. The maximum Gasteiger partial charge on any atom is 0.222 e. The molecule has 0 bridgehead atoms. The van der Waals surface area contributed by atoms with Gasteiger partial charge in [-0.25, -0.2) is 0 Å². The Balaban J connectivity index is 1.49. The fourth-order valence-electron chi connectivity index (χ4n) is 3.35. The van der Waals surface area contributed by atoms with Gasteiger partial charge < -0.3 is 15.0 Å². The van der Waals surface area contributed by atoms with E-state index in [9.17, 15) is 4.79 Å². The minimum atomic E-state index is 0.381. The molecule has 0 spiro atoms.